The number of benzene rings is 2. The first-order valence-electron chi connectivity index (χ1n) is 12.9. The van der Waals surface area contributed by atoms with Crippen molar-refractivity contribution in [2.75, 3.05) is 23.8 Å². The molecule has 0 saturated heterocycles. The summed E-state index contributed by atoms with van der Waals surface area (Å²) in [4.78, 5) is 16.8. The zero-order valence-corrected chi connectivity index (χ0v) is 23.9. The van der Waals surface area contributed by atoms with Crippen molar-refractivity contribution in [2.24, 2.45) is 5.84 Å². The molecule has 2 atom stereocenters. The van der Waals surface area contributed by atoms with Gasteiger partial charge in [-0.2, -0.15) is 0 Å². The van der Waals surface area contributed by atoms with Gasteiger partial charge in [0.15, 0.2) is 0 Å². The third-order valence-corrected chi connectivity index (χ3v) is 8.56. The number of ether oxygens (including phenoxy) is 1. The number of aromatic nitrogens is 1. The summed E-state index contributed by atoms with van der Waals surface area (Å²) < 4.78 is 21.6. The summed E-state index contributed by atoms with van der Waals surface area (Å²) in [7, 11) is 0. The Balaban J connectivity index is 1.73. The highest BCUT2D eigenvalue weighted by Crippen LogP contribution is 2.38. The standard InChI is InChI=1S/C29H37N5O4S/c1-6-34(31)24-12-11-22(19(3)27(24)30)23(15-26(35)36)20-10-9-18(2)21(14-20)16-33-17-29(4,5)38-28-25(39(33)37)8-7-13-32-28/h7-14,23H,6,15-17,30-31H2,1-5H3,(H,35,36). The van der Waals surface area contributed by atoms with E-state index in [4.69, 9.17) is 16.3 Å². The molecule has 2 heterocycles. The van der Waals surface area contributed by atoms with Gasteiger partial charge in [-0.3, -0.25) is 4.79 Å². The zero-order valence-electron chi connectivity index (χ0n) is 23.1. The van der Waals surface area contributed by atoms with Gasteiger partial charge in [0.2, 0.25) is 4.90 Å². The normalized spacial score (nSPS) is 17.6. The Kier molecular flexibility index (Phi) is 8.41. The fraction of sp³-hybridized carbons (Fsp3) is 0.379. The van der Waals surface area contributed by atoms with Crippen LogP contribution in [0.25, 0.3) is 0 Å². The topological polar surface area (TPSA) is 141 Å². The average molecular weight is 552 g/mol. The van der Waals surface area contributed by atoms with Crippen LogP contribution in [-0.2, 0) is 22.7 Å². The summed E-state index contributed by atoms with van der Waals surface area (Å²) in [5, 5.41) is 11.4. The number of pyridine rings is 1. The van der Waals surface area contributed by atoms with Crippen LogP contribution in [0.15, 0.2) is 53.6 Å². The maximum absolute atomic E-state index is 13.6. The molecule has 0 fully saturated rings. The van der Waals surface area contributed by atoms with Gasteiger partial charge in [0.1, 0.15) is 5.60 Å². The van der Waals surface area contributed by atoms with E-state index in [1.54, 1.807) is 23.3 Å². The molecule has 0 bridgehead atoms. The molecule has 2 aromatic carbocycles. The van der Waals surface area contributed by atoms with E-state index < -0.39 is 28.9 Å². The van der Waals surface area contributed by atoms with Crippen molar-refractivity contribution in [1.82, 2.24) is 9.29 Å². The molecule has 0 saturated carbocycles. The largest absolute Gasteiger partial charge is 0.593 e. The van der Waals surface area contributed by atoms with Gasteiger partial charge in [-0.05, 0) is 74.6 Å². The quantitative estimate of drug-likeness (QED) is 0.162. The number of carbonyl (C=O) groups is 1. The first-order valence-corrected chi connectivity index (χ1v) is 14.1. The van der Waals surface area contributed by atoms with E-state index in [0.717, 1.165) is 27.8 Å². The molecule has 2 unspecified atom stereocenters. The number of fused-ring (bicyclic) bond motifs is 1. The number of anilines is 2. The number of carboxylic acids is 1. The van der Waals surface area contributed by atoms with Gasteiger partial charge in [0.25, 0.3) is 5.88 Å². The smallest absolute Gasteiger partial charge is 0.304 e. The van der Waals surface area contributed by atoms with Crippen LogP contribution in [0.5, 0.6) is 5.88 Å². The molecule has 10 heteroatoms. The van der Waals surface area contributed by atoms with Gasteiger partial charge in [0, 0.05) is 24.7 Å². The molecule has 1 aromatic heterocycles. The van der Waals surface area contributed by atoms with E-state index in [2.05, 4.69) is 4.98 Å². The fourth-order valence-corrected chi connectivity index (χ4v) is 6.40. The molecule has 0 radical (unpaired) electrons. The second kappa shape index (κ2) is 11.4. The molecule has 4 rings (SSSR count). The summed E-state index contributed by atoms with van der Waals surface area (Å²) in [6.07, 6.45) is 1.53. The molecule has 5 N–H and O–H groups in total. The molecular weight excluding hydrogens is 514 g/mol. The van der Waals surface area contributed by atoms with Crippen molar-refractivity contribution in [2.45, 2.75) is 64.0 Å². The average Bonchev–Trinajstić information content (AvgIpc) is 2.98. The molecule has 9 nitrogen and oxygen atoms in total. The SMILES string of the molecule is CCN(N)c1ccc(C(CC(=O)O)c2ccc(C)c(CN3CC(C)(C)Oc4ncccc4[S+]3[O-])c2)c(C)c1N. The van der Waals surface area contributed by atoms with Crippen molar-refractivity contribution >= 4 is 28.7 Å². The van der Waals surface area contributed by atoms with Crippen LogP contribution in [0, 0.1) is 13.8 Å². The minimum Gasteiger partial charge on any atom is -0.593 e. The predicted octanol–water partition coefficient (Wildman–Crippen LogP) is 4.28. The van der Waals surface area contributed by atoms with Crippen LogP contribution in [0.4, 0.5) is 11.4 Å². The van der Waals surface area contributed by atoms with E-state index in [1.165, 1.54) is 0 Å². The number of rotatable bonds is 8. The van der Waals surface area contributed by atoms with E-state index >= 15 is 0 Å². The Morgan fingerprint density at radius 2 is 2.03 bits per heavy atom. The maximum Gasteiger partial charge on any atom is 0.304 e. The minimum atomic E-state index is -1.48. The molecule has 0 aliphatic carbocycles. The van der Waals surface area contributed by atoms with Crippen molar-refractivity contribution in [3.05, 3.63) is 76.5 Å². The summed E-state index contributed by atoms with van der Waals surface area (Å²) >= 11 is -1.48. The Morgan fingerprint density at radius 3 is 2.72 bits per heavy atom. The zero-order chi connectivity index (χ0) is 28.5. The lowest BCUT2D eigenvalue weighted by molar-refractivity contribution is -0.137. The van der Waals surface area contributed by atoms with Gasteiger partial charge in [-0.15, -0.1) is 4.31 Å². The van der Waals surface area contributed by atoms with Crippen molar-refractivity contribution in [3.8, 4) is 5.88 Å². The summed E-state index contributed by atoms with van der Waals surface area (Å²) in [6.45, 7) is 11.1. The molecule has 3 aromatic rings. The Hall–Kier alpha value is -3.31. The third-order valence-electron chi connectivity index (χ3n) is 7.15. The molecule has 39 heavy (non-hydrogen) atoms. The maximum atomic E-state index is 13.6. The first-order chi connectivity index (χ1) is 18.4. The summed E-state index contributed by atoms with van der Waals surface area (Å²) in [5.74, 6) is 5.14. The van der Waals surface area contributed by atoms with Gasteiger partial charge in [-0.25, -0.2) is 10.8 Å². The van der Waals surface area contributed by atoms with Crippen LogP contribution in [0.2, 0.25) is 0 Å². The number of nitrogens with zero attached hydrogens (tertiary/aromatic N) is 3. The Morgan fingerprint density at radius 1 is 1.28 bits per heavy atom. The summed E-state index contributed by atoms with van der Waals surface area (Å²) in [6, 6.07) is 13.3. The molecule has 0 spiro atoms. The number of aliphatic carboxylic acids is 1. The number of carboxylic acid groups (broad SMARTS) is 1. The number of nitrogens with two attached hydrogens (primary N) is 2. The van der Waals surface area contributed by atoms with Gasteiger partial charge < -0.3 is 25.1 Å². The summed E-state index contributed by atoms with van der Waals surface area (Å²) in [5.41, 5.74) is 11.6. The molecule has 1 aliphatic heterocycles. The molecule has 0 amide bonds. The highest BCUT2D eigenvalue weighted by Gasteiger charge is 2.39. The van der Waals surface area contributed by atoms with Crippen molar-refractivity contribution in [3.63, 3.8) is 0 Å². The minimum absolute atomic E-state index is 0.0994. The van der Waals surface area contributed by atoms with Gasteiger partial charge in [-0.1, -0.05) is 24.3 Å². The second-order valence-electron chi connectivity index (χ2n) is 10.6. The van der Waals surface area contributed by atoms with Crippen molar-refractivity contribution < 1.29 is 19.2 Å². The molecule has 208 valence electrons. The third kappa shape index (κ3) is 6.14. The molecular formula is C29H37N5O4S. The van der Waals surface area contributed by atoms with E-state index in [-0.39, 0.29) is 6.42 Å². The number of nitrogen functional groups attached to an aromatic ring is 1. The lowest BCUT2D eigenvalue weighted by atomic mass is 9.84. The Bertz CT molecular complexity index is 1370. The predicted molar refractivity (Wildman–Crippen MR) is 154 cm³/mol. The van der Waals surface area contributed by atoms with Gasteiger partial charge >= 0.3 is 5.97 Å². The van der Waals surface area contributed by atoms with Crippen LogP contribution in [0.3, 0.4) is 0 Å². The van der Waals surface area contributed by atoms with E-state index in [0.29, 0.717) is 41.8 Å². The van der Waals surface area contributed by atoms with Crippen LogP contribution < -0.4 is 21.3 Å². The second-order valence-corrected chi connectivity index (χ2v) is 12.0. The number of aryl methyl sites for hydroxylation is 1. The van der Waals surface area contributed by atoms with Crippen LogP contribution in [-0.4, -0.2) is 43.6 Å². The first kappa shape index (κ1) is 28.7. The fourth-order valence-electron chi connectivity index (χ4n) is 5.00. The van der Waals surface area contributed by atoms with Gasteiger partial charge in [0.05, 0.1) is 42.2 Å². The van der Waals surface area contributed by atoms with Crippen molar-refractivity contribution in [1.29, 1.82) is 0 Å². The van der Waals surface area contributed by atoms with Crippen LogP contribution in [0.1, 0.15) is 60.9 Å². The highest BCUT2D eigenvalue weighted by atomic mass is 32.2. The number of hydrogen-bond donors (Lipinski definition) is 3. The lowest BCUT2D eigenvalue weighted by Crippen LogP contribution is -2.42. The molecule has 1 aliphatic rings. The van der Waals surface area contributed by atoms with E-state index in [1.807, 2.05) is 69.3 Å². The monoisotopic (exact) mass is 551 g/mol. The van der Waals surface area contributed by atoms with E-state index in [9.17, 15) is 14.5 Å². The Labute approximate surface area is 233 Å². The highest BCUT2D eigenvalue weighted by molar-refractivity contribution is 7.89. The number of hydrogen-bond acceptors (Lipinski definition) is 8. The van der Waals surface area contributed by atoms with Crippen LogP contribution >= 0.6 is 0 Å². The number of hydrazine groups is 1. The lowest BCUT2D eigenvalue weighted by Gasteiger charge is -2.28.